The second-order valence-electron chi connectivity index (χ2n) is 8.29. The summed E-state index contributed by atoms with van der Waals surface area (Å²) in [6.07, 6.45) is 0. The van der Waals surface area contributed by atoms with Crippen molar-refractivity contribution in [2.75, 3.05) is 5.32 Å². The molecule has 7 rings (SSSR count). The first-order chi connectivity index (χ1) is 16.3. The maximum Gasteiger partial charge on any atom is 0.0398 e. The molecule has 1 N–H and O–H groups in total. The normalized spacial score (nSPS) is 11.6. The molecule has 1 nitrogen and oxygen atoms in total. The van der Waals surface area contributed by atoms with Gasteiger partial charge < -0.3 is 5.32 Å². The molecule has 2 heterocycles. The van der Waals surface area contributed by atoms with Crippen LogP contribution in [0.2, 0.25) is 0 Å². The fraction of sp³-hybridized carbons (Fsp3) is 0. The van der Waals surface area contributed by atoms with E-state index >= 15 is 0 Å². The zero-order valence-electron chi connectivity index (χ0n) is 17.7. The van der Waals surface area contributed by atoms with Crippen LogP contribution in [0.1, 0.15) is 0 Å². The fourth-order valence-corrected chi connectivity index (χ4v) is 6.99. The molecule has 2 aromatic heterocycles. The van der Waals surface area contributed by atoms with E-state index in [9.17, 15) is 0 Å². The molecule has 0 fully saturated rings. The van der Waals surface area contributed by atoms with Gasteiger partial charge in [-0.1, -0.05) is 66.7 Å². The van der Waals surface area contributed by atoms with Gasteiger partial charge >= 0.3 is 0 Å². The molecule has 0 spiro atoms. The Balaban J connectivity index is 1.34. The summed E-state index contributed by atoms with van der Waals surface area (Å²) in [6.45, 7) is 0. The molecular weight excluding hydrogens is 438 g/mol. The van der Waals surface area contributed by atoms with Crippen LogP contribution in [-0.4, -0.2) is 0 Å². The van der Waals surface area contributed by atoms with E-state index < -0.39 is 0 Å². The van der Waals surface area contributed by atoms with E-state index in [1.54, 1.807) is 0 Å². The molecule has 0 atom stereocenters. The quantitative estimate of drug-likeness (QED) is 0.278. The van der Waals surface area contributed by atoms with Gasteiger partial charge in [0.05, 0.1) is 0 Å². The van der Waals surface area contributed by atoms with Crippen molar-refractivity contribution in [2.45, 2.75) is 0 Å². The topological polar surface area (TPSA) is 12.0 Å². The number of anilines is 2. The Morgan fingerprint density at radius 3 is 2.09 bits per heavy atom. The van der Waals surface area contributed by atoms with Crippen LogP contribution in [0.5, 0.6) is 0 Å². The highest BCUT2D eigenvalue weighted by Gasteiger charge is 2.12. The number of rotatable bonds is 3. The minimum Gasteiger partial charge on any atom is -0.355 e. The van der Waals surface area contributed by atoms with Gasteiger partial charge in [-0.25, -0.2) is 0 Å². The van der Waals surface area contributed by atoms with Crippen LogP contribution < -0.4 is 5.32 Å². The van der Waals surface area contributed by atoms with E-state index in [1.165, 1.54) is 51.5 Å². The maximum atomic E-state index is 3.66. The SMILES string of the molecule is c1ccc(-c2cccc3sc4ccc(Nc5ccc6c(c5)sc5ccccc56)cc4c23)cc1. The molecule has 0 aliphatic carbocycles. The smallest absolute Gasteiger partial charge is 0.0398 e. The van der Waals surface area contributed by atoms with Crippen LogP contribution in [0.15, 0.2) is 109 Å². The van der Waals surface area contributed by atoms with Crippen LogP contribution in [-0.2, 0) is 0 Å². The minimum absolute atomic E-state index is 1.12. The zero-order chi connectivity index (χ0) is 21.8. The first kappa shape index (κ1) is 18.9. The lowest BCUT2D eigenvalue weighted by atomic mass is 9.99. The Bertz CT molecular complexity index is 1790. The molecule has 0 unspecified atom stereocenters. The van der Waals surface area contributed by atoms with E-state index in [0.717, 1.165) is 11.4 Å². The van der Waals surface area contributed by atoms with E-state index in [1.807, 2.05) is 22.7 Å². The highest BCUT2D eigenvalue weighted by Crippen LogP contribution is 2.41. The molecule has 0 saturated carbocycles. The largest absolute Gasteiger partial charge is 0.355 e. The lowest BCUT2D eigenvalue weighted by Gasteiger charge is -2.08. The average Bonchev–Trinajstić information content (AvgIpc) is 3.42. The summed E-state index contributed by atoms with van der Waals surface area (Å²) in [7, 11) is 0. The van der Waals surface area contributed by atoms with E-state index in [0.29, 0.717) is 0 Å². The van der Waals surface area contributed by atoms with Crippen molar-refractivity contribution in [2.24, 2.45) is 0 Å². The summed E-state index contributed by atoms with van der Waals surface area (Å²) in [5.41, 5.74) is 4.79. The molecular formula is C30H19NS2. The third-order valence-corrected chi connectivity index (χ3v) is 8.52. The molecule has 0 amide bonds. The molecule has 156 valence electrons. The Labute approximate surface area is 199 Å². The van der Waals surface area contributed by atoms with Gasteiger partial charge in [-0.05, 0) is 53.6 Å². The van der Waals surface area contributed by atoms with Gasteiger partial charge in [0.15, 0.2) is 0 Å². The van der Waals surface area contributed by atoms with Gasteiger partial charge in [0.1, 0.15) is 0 Å². The monoisotopic (exact) mass is 457 g/mol. The lowest BCUT2D eigenvalue weighted by Crippen LogP contribution is -1.89. The molecule has 7 aromatic rings. The Kier molecular flexibility index (Phi) is 4.26. The Morgan fingerprint density at radius 2 is 1.15 bits per heavy atom. The predicted molar refractivity (Wildman–Crippen MR) is 147 cm³/mol. The van der Waals surface area contributed by atoms with Crippen molar-refractivity contribution in [1.82, 2.24) is 0 Å². The summed E-state index contributed by atoms with van der Waals surface area (Å²) < 4.78 is 5.30. The molecule has 5 aromatic carbocycles. The maximum absolute atomic E-state index is 3.66. The Hall–Kier alpha value is -3.66. The van der Waals surface area contributed by atoms with Crippen LogP contribution >= 0.6 is 22.7 Å². The van der Waals surface area contributed by atoms with Gasteiger partial charge in [0.2, 0.25) is 0 Å². The van der Waals surface area contributed by atoms with E-state index in [4.69, 9.17) is 0 Å². The summed E-state index contributed by atoms with van der Waals surface area (Å²) in [4.78, 5) is 0. The van der Waals surface area contributed by atoms with Gasteiger partial charge in [-0.3, -0.25) is 0 Å². The van der Waals surface area contributed by atoms with E-state index in [2.05, 4.69) is 115 Å². The molecule has 0 aliphatic heterocycles. The predicted octanol–water partition coefficient (Wildman–Crippen LogP) is 9.83. The van der Waals surface area contributed by atoms with Crippen LogP contribution in [0.25, 0.3) is 51.5 Å². The van der Waals surface area contributed by atoms with Crippen LogP contribution in [0, 0.1) is 0 Å². The molecule has 3 heteroatoms. The highest BCUT2D eigenvalue weighted by molar-refractivity contribution is 7.26. The zero-order valence-corrected chi connectivity index (χ0v) is 19.3. The number of fused-ring (bicyclic) bond motifs is 6. The van der Waals surface area contributed by atoms with Gasteiger partial charge in [0, 0.05) is 51.7 Å². The number of benzene rings is 5. The second-order valence-corrected chi connectivity index (χ2v) is 10.5. The van der Waals surface area contributed by atoms with Gasteiger partial charge in [-0.2, -0.15) is 0 Å². The lowest BCUT2D eigenvalue weighted by molar-refractivity contribution is 1.61. The van der Waals surface area contributed by atoms with Crippen molar-refractivity contribution >= 4 is 74.4 Å². The number of hydrogen-bond donors (Lipinski definition) is 1. The Morgan fingerprint density at radius 1 is 0.455 bits per heavy atom. The van der Waals surface area contributed by atoms with Crippen molar-refractivity contribution in [1.29, 1.82) is 0 Å². The third-order valence-electron chi connectivity index (χ3n) is 6.25. The van der Waals surface area contributed by atoms with Crippen molar-refractivity contribution in [3.63, 3.8) is 0 Å². The van der Waals surface area contributed by atoms with Crippen molar-refractivity contribution < 1.29 is 0 Å². The fourth-order valence-electron chi connectivity index (χ4n) is 4.73. The number of nitrogens with one attached hydrogen (secondary N) is 1. The number of hydrogen-bond acceptors (Lipinski definition) is 3. The van der Waals surface area contributed by atoms with E-state index in [-0.39, 0.29) is 0 Å². The highest BCUT2D eigenvalue weighted by atomic mass is 32.1. The van der Waals surface area contributed by atoms with Gasteiger partial charge in [0.25, 0.3) is 0 Å². The molecule has 0 radical (unpaired) electrons. The summed E-state index contributed by atoms with van der Waals surface area (Å²) >= 11 is 3.72. The standard InChI is InChI=1S/C30H19NS2/c1-2-7-19(8-3-1)22-10-6-12-28-30(22)25-17-20(14-16-27(25)32-28)31-21-13-15-24-23-9-4-5-11-26(23)33-29(24)18-21/h1-18,31H. The second kappa shape index (κ2) is 7.45. The number of thiophene rings is 2. The van der Waals surface area contributed by atoms with Crippen molar-refractivity contribution in [3.8, 4) is 11.1 Å². The first-order valence-electron chi connectivity index (χ1n) is 11.0. The summed E-state index contributed by atoms with van der Waals surface area (Å²) in [5.74, 6) is 0. The third kappa shape index (κ3) is 3.12. The molecule has 0 aliphatic rings. The first-order valence-corrected chi connectivity index (χ1v) is 12.7. The van der Waals surface area contributed by atoms with Gasteiger partial charge in [-0.15, -0.1) is 22.7 Å². The molecule has 33 heavy (non-hydrogen) atoms. The average molecular weight is 458 g/mol. The molecule has 0 bridgehead atoms. The summed E-state index contributed by atoms with van der Waals surface area (Å²) in [5, 5.41) is 8.97. The minimum atomic E-state index is 1.12. The van der Waals surface area contributed by atoms with Crippen LogP contribution in [0.3, 0.4) is 0 Å². The van der Waals surface area contributed by atoms with Crippen LogP contribution in [0.4, 0.5) is 11.4 Å². The summed E-state index contributed by atoms with van der Waals surface area (Å²) in [6, 6.07) is 39.4. The van der Waals surface area contributed by atoms with Crippen molar-refractivity contribution in [3.05, 3.63) is 109 Å². The molecule has 0 saturated heterocycles.